The molecule has 2 saturated carbocycles. The first-order valence-corrected chi connectivity index (χ1v) is 8.70. The van der Waals surface area contributed by atoms with Gasteiger partial charge in [0.05, 0.1) is 0 Å². The molecular formula is C17H24N4O2. The Labute approximate surface area is 134 Å². The zero-order valence-corrected chi connectivity index (χ0v) is 14.1. The summed E-state index contributed by atoms with van der Waals surface area (Å²) in [4.78, 5) is 29.9. The van der Waals surface area contributed by atoms with E-state index in [1.165, 1.54) is 30.3 Å². The molecule has 0 saturated heterocycles. The first-order valence-electron chi connectivity index (χ1n) is 8.70. The topological polar surface area (TPSA) is 61.8 Å². The van der Waals surface area contributed by atoms with Gasteiger partial charge in [0.1, 0.15) is 5.82 Å². The minimum Gasteiger partial charge on any atom is -0.325 e. The third-order valence-corrected chi connectivity index (χ3v) is 5.40. The monoisotopic (exact) mass is 316 g/mol. The van der Waals surface area contributed by atoms with Crippen molar-refractivity contribution in [1.29, 1.82) is 0 Å². The zero-order chi connectivity index (χ0) is 16.3. The smallest absolute Gasteiger partial charge is 0.325 e. The highest BCUT2D eigenvalue weighted by Crippen LogP contribution is 2.54. The lowest BCUT2D eigenvalue weighted by Gasteiger charge is -2.14. The largest absolute Gasteiger partial charge is 0.332 e. The van der Waals surface area contributed by atoms with Crippen molar-refractivity contribution >= 4 is 11.2 Å². The van der Waals surface area contributed by atoms with E-state index in [1.807, 2.05) is 18.5 Å². The van der Waals surface area contributed by atoms with E-state index < -0.39 is 0 Å². The molecule has 0 unspecified atom stereocenters. The zero-order valence-electron chi connectivity index (χ0n) is 14.1. The van der Waals surface area contributed by atoms with Crippen LogP contribution in [0.5, 0.6) is 0 Å². The molecule has 0 radical (unpaired) electrons. The Morgan fingerprint density at radius 3 is 2.22 bits per heavy atom. The number of hydrogen-bond donors (Lipinski definition) is 0. The summed E-state index contributed by atoms with van der Waals surface area (Å²) in [6.45, 7) is 2.63. The SMILES string of the molecule is CCCn1c(=O)n(C)c(=O)c2c1nc(C(C1CC1)C1CC1)n2C. The van der Waals surface area contributed by atoms with Crippen molar-refractivity contribution in [3.8, 4) is 0 Å². The van der Waals surface area contributed by atoms with Gasteiger partial charge in [0.2, 0.25) is 0 Å². The molecule has 0 aliphatic heterocycles. The summed E-state index contributed by atoms with van der Waals surface area (Å²) in [5, 5.41) is 0. The maximum absolute atomic E-state index is 12.6. The number of nitrogens with zero attached hydrogens (tertiary/aromatic N) is 4. The molecule has 2 aliphatic rings. The number of hydrogen-bond acceptors (Lipinski definition) is 3. The third kappa shape index (κ3) is 2.18. The third-order valence-electron chi connectivity index (χ3n) is 5.40. The van der Waals surface area contributed by atoms with Crippen molar-refractivity contribution < 1.29 is 0 Å². The van der Waals surface area contributed by atoms with E-state index in [0.717, 1.165) is 12.2 Å². The lowest BCUT2D eigenvalue weighted by Crippen LogP contribution is -2.38. The molecule has 2 fully saturated rings. The van der Waals surface area contributed by atoms with E-state index in [1.54, 1.807) is 11.6 Å². The molecule has 23 heavy (non-hydrogen) atoms. The summed E-state index contributed by atoms with van der Waals surface area (Å²) < 4.78 is 4.84. The molecule has 0 atom stereocenters. The summed E-state index contributed by atoms with van der Waals surface area (Å²) in [7, 11) is 3.49. The van der Waals surface area contributed by atoms with E-state index in [-0.39, 0.29) is 11.2 Å². The number of rotatable bonds is 5. The minimum absolute atomic E-state index is 0.232. The van der Waals surface area contributed by atoms with Gasteiger partial charge in [-0.1, -0.05) is 6.92 Å². The molecule has 6 heteroatoms. The van der Waals surface area contributed by atoms with Crippen molar-refractivity contribution in [3.63, 3.8) is 0 Å². The van der Waals surface area contributed by atoms with Crippen LogP contribution in [-0.4, -0.2) is 18.7 Å². The van der Waals surface area contributed by atoms with Crippen molar-refractivity contribution in [3.05, 3.63) is 26.7 Å². The predicted octanol–water partition coefficient (Wildman–Crippen LogP) is 1.75. The molecule has 0 bridgehead atoms. The van der Waals surface area contributed by atoms with Crippen LogP contribution in [0.4, 0.5) is 0 Å². The molecule has 2 aromatic rings. The molecule has 2 aromatic heterocycles. The van der Waals surface area contributed by atoms with Gasteiger partial charge < -0.3 is 4.57 Å². The molecule has 0 amide bonds. The Morgan fingerprint density at radius 1 is 1.09 bits per heavy atom. The fourth-order valence-electron chi connectivity index (χ4n) is 3.89. The summed E-state index contributed by atoms with van der Waals surface area (Å²) in [5.41, 5.74) is 0.651. The van der Waals surface area contributed by atoms with Crippen molar-refractivity contribution in [2.24, 2.45) is 25.9 Å². The summed E-state index contributed by atoms with van der Waals surface area (Å²) in [6, 6.07) is 0. The lowest BCUT2D eigenvalue weighted by molar-refractivity contribution is 0.496. The van der Waals surface area contributed by atoms with Gasteiger partial charge in [-0.2, -0.15) is 0 Å². The number of aromatic nitrogens is 4. The highest BCUT2D eigenvalue weighted by Gasteiger charge is 2.44. The average Bonchev–Trinajstić information content (AvgIpc) is 3.42. The predicted molar refractivity (Wildman–Crippen MR) is 88.7 cm³/mol. The van der Waals surface area contributed by atoms with Gasteiger partial charge in [-0.25, -0.2) is 9.78 Å². The molecule has 124 valence electrons. The number of aryl methyl sites for hydroxylation is 2. The molecule has 2 aliphatic carbocycles. The van der Waals surface area contributed by atoms with E-state index in [2.05, 4.69) is 0 Å². The van der Waals surface area contributed by atoms with Crippen molar-refractivity contribution in [1.82, 2.24) is 18.7 Å². The van der Waals surface area contributed by atoms with Gasteiger partial charge in [0, 0.05) is 26.6 Å². The molecule has 0 aromatic carbocycles. The van der Waals surface area contributed by atoms with Crippen LogP contribution in [0.15, 0.2) is 9.59 Å². The van der Waals surface area contributed by atoms with Crippen LogP contribution in [0.3, 0.4) is 0 Å². The van der Waals surface area contributed by atoms with E-state index in [4.69, 9.17) is 4.98 Å². The van der Waals surface area contributed by atoms with Gasteiger partial charge in [-0.3, -0.25) is 13.9 Å². The second-order valence-corrected chi connectivity index (χ2v) is 7.20. The molecule has 4 rings (SSSR count). The quantitative estimate of drug-likeness (QED) is 0.844. The second-order valence-electron chi connectivity index (χ2n) is 7.20. The molecule has 0 N–H and O–H groups in total. The van der Waals surface area contributed by atoms with Crippen LogP contribution in [0.1, 0.15) is 50.8 Å². The number of imidazole rings is 1. The molecular weight excluding hydrogens is 292 g/mol. The van der Waals surface area contributed by atoms with Crippen LogP contribution >= 0.6 is 0 Å². The summed E-state index contributed by atoms with van der Waals surface area (Å²) >= 11 is 0. The van der Waals surface area contributed by atoms with E-state index >= 15 is 0 Å². The fourth-order valence-corrected chi connectivity index (χ4v) is 3.89. The van der Waals surface area contributed by atoms with Gasteiger partial charge in [-0.15, -0.1) is 0 Å². The Balaban J connectivity index is 1.99. The van der Waals surface area contributed by atoms with E-state index in [9.17, 15) is 9.59 Å². The summed E-state index contributed by atoms with van der Waals surface area (Å²) in [6.07, 6.45) is 5.91. The maximum atomic E-state index is 12.6. The van der Waals surface area contributed by atoms with Crippen LogP contribution in [0, 0.1) is 11.8 Å². The average molecular weight is 316 g/mol. The van der Waals surface area contributed by atoms with Gasteiger partial charge in [-0.05, 0) is 43.9 Å². The highest BCUT2D eigenvalue weighted by molar-refractivity contribution is 5.71. The van der Waals surface area contributed by atoms with Crippen molar-refractivity contribution in [2.75, 3.05) is 0 Å². The van der Waals surface area contributed by atoms with Crippen LogP contribution in [-0.2, 0) is 20.6 Å². The molecule has 0 spiro atoms. The Hall–Kier alpha value is -1.85. The Bertz CT molecular complexity index is 869. The minimum atomic E-state index is -0.261. The normalized spacial score (nSPS) is 18.3. The maximum Gasteiger partial charge on any atom is 0.332 e. The summed E-state index contributed by atoms with van der Waals surface area (Å²) in [5.74, 6) is 2.90. The first kappa shape index (κ1) is 14.7. The van der Waals surface area contributed by atoms with E-state index in [0.29, 0.717) is 35.5 Å². The molecule has 6 nitrogen and oxygen atoms in total. The van der Waals surface area contributed by atoms with Crippen LogP contribution < -0.4 is 11.2 Å². The highest BCUT2D eigenvalue weighted by atomic mass is 16.2. The Kier molecular flexibility index (Phi) is 3.25. The second kappa shape index (κ2) is 5.08. The standard InChI is InChI=1S/C17H24N4O2/c1-4-9-21-15-13(16(22)20(3)17(21)23)19(2)14(18-15)12(10-5-6-10)11-7-8-11/h10-12H,4-9H2,1-3H3. The van der Waals surface area contributed by atoms with Crippen LogP contribution in [0.25, 0.3) is 11.2 Å². The first-order chi connectivity index (χ1) is 11.0. The van der Waals surface area contributed by atoms with Crippen LogP contribution in [0.2, 0.25) is 0 Å². The van der Waals surface area contributed by atoms with Gasteiger partial charge in [0.25, 0.3) is 5.56 Å². The van der Waals surface area contributed by atoms with Crippen molar-refractivity contribution in [2.45, 2.75) is 51.5 Å². The number of fused-ring (bicyclic) bond motifs is 1. The van der Waals surface area contributed by atoms with Gasteiger partial charge >= 0.3 is 5.69 Å². The van der Waals surface area contributed by atoms with Gasteiger partial charge in [0.15, 0.2) is 11.2 Å². The fraction of sp³-hybridized carbons (Fsp3) is 0.706. The Morgan fingerprint density at radius 2 is 1.70 bits per heavy atom. The lowest BCUT2D eigenvalue weighted by atomic mass is 9.97. The molecule has 2 heterocycles.